The number of methoxy groups -OCH3 is 2. The number of hydrogen-bond donors (Lipinski definition) is 2. The summed E-state index contributed by atoms with van der Waals surface area (Å²) in [6, 6.07) is 6.26. The average molecular weight is 437 g/mol. The fourth-order valence-electron chi connectivity index (χ4n) is 2.74. The summed E-state index contributed by atoms with van der Waals surface area (Å²) in [5.41, 5.74) is 0.583. The zero-order valence-electron chi connectivity index (χ0n) is 15.9. The van der Waals surface area contributed by atoms with Crippen LogP contribution >= 0.6 is 23.2 Å². The Morgan fingerprint density at radius 1 is 1.17 bits per heavy atom. The second-order valence-electron chi connectivity index (χ2n) is 5.91. The number of phenols is 1. The second-order valence-corrected chi connectivity index (χ2v) is 6.73. The number of phenolic OH excluding ortho intramolecular Hbond substituents is 1. The number of aromatic nitrogens is 2. The lowest BCUT2D eigenvalue weighted by molar-refractivity contribution is 0.318. The Morgan fingerprint density at radius 3 is 2.52 bits per heavy atom. The fraction of sp³-hybridized carbons (Fsp3) is 0.200. The van der Waals surface area contributed by atoms with Crippen LogP contribution in [0.25, 0.3) is 22.0 Å². The zero-order chi connectivity index (χ0) is 21.1. The molecule has 0 aliphatic rings. The molecular weight excluding hydrogens is 419 g/mol. The lowest BCUT2D eigenvalue weighted by Gasteiger charge is -2.10. The molecule has 1 heterocycles. The van der Waals surface area contributed by atoms with Crippen LogP contribution in [0.3, 0.4) is 0 Å². The van der Waals surface area contributed by atoms with E-state index in [0.717, 1.165) is 0 Å². The van der Waals surface area contributed by atoms with Crippen molar-refractivity contribution in [1.29, 1.82) is 0 Å². The summed E-state index contributed by atoms with van der Waals surface area (Å²) in [4.78, 5) is 19.6. The van der Waals surface area contributed by atoms with Gasteiger partial charge < -0.3 is 24.3 Å². The monoisotopic (exact) mass is 436 g/mol. The maximum Gasteiger partial charge on any atom is 0.259 e. The molecule has 7 nitrogen and oxygen atoms in total. The number of hydrogen-bond acceptors (Lipinski definition) is 6. The highest BCUT2D eigenvalue weighted by Crippen LogP contribution is 2.36. The van der Waals surface area contributed by atoms with Crippen LogP contribution in [0.1, 0.15) is 18.3 Å². The number of ether oxygens (including phenoxy) is 3. The fourth-order valence-corrected chi connectivity index (χ4v) is 3.17. The van der Waals surface area contributed by atoms with Crippen LogP contribution in [-0.2, 0) is 0 Å². The Balaban J connectivity index is 2.09. The van der Waals surface area contributed by atoms with Crippen LogP contribution in [0, 0.1) is 0 Å². The smallest absolute Gasteiger partial charge is 0.259 e. The first kappa shape index (κ1) is 20.8. The third-order valence-electron chi connectivity index (χ3n) is 4.08. The van der Waals surface area contributed by atoms with Gasteiger partial charge in [-0.2, -0.15) is 0 Å². The van der Waals surface area contributed by atoms with Gasteiger partial charge in [-0.25, -0.2) is 4.98 Å². The molecule has 0 bridgehead atoms. The first-order valence-electron chi connectivity index (χ1n) is 8.56. The maximum atomic E-state index is 12.5. The van der Waals surface area contributed by atoms with Crippen LogP contribution in [0.15, 0.2) is 29.1 Å². The van der Waals surface area contributed by atoms with Crippen LogP contribution < -0.4 is 19.8 Å². The van der Waals surface area contributed by atoms with Crippen LogP contribution in [-0.4, -0.2) is 35.9 Å². The van der Waals surface area contributed by atoms with Gasteiger partial charge in [0.1, 0.15) is 0 Å². The van der Waals surface area contributed by atoms with Gasteiger partial charge in [-0.3, -0.25) is 4.79 Å². The average Bonchev–Trinajstić information content (AvgIpc) is 2.70. The van der Waals surface area contributed by atoms with Gasteiger partial charge in [0.05, 0.1) is 41.8 Å². The quantitative estimate of drug-likeness (QED) is 0.593. The Bertz CT molecular complexity index is 1160. The topological polar surface area (TPSA) is 93.7 Å². The van der Waals surface area contributed by atoms with Gasteiger partial charge in [-0.15, -0.1) is 0 Å². The minimum absolute atomic E-state index is 0.114. The van der Waals surface area contributed by atoms with Gasteiger partial charge in [0.25, 0.3) is 5.56 Å². The number of rotatable bonds is 6. The molecule has 152 valence electrons. The summed E-state index contributed by atoms with van der Waals surface area (Å²) in [5.74, 6) is 1.10. The van der Waals surface area contributed by atoms with Crippen molar-refractivity contribution in [2.75, 3.05) is 20.8 Å². The molecular formula is C20H18Cl2N2O5. The number of aromatic hydroxyl groups is 1. The number of halogens is 2. The Morgan fingerprint density at radius 2 is 1.86 bits per heavy atom. The second kappa shape index (κ2) is 8.63. The van der Waals surface area contributed by atoms with Crippen LogP contribution in [0.2, 0.25) is 5.02 Å². The molecule has 0 amide bonds. The number of nitrogens with zero attached hydrogens (tertiary/aromatic N) is 1. The molecule has 9 heteroatoms. The Kier molecular flexibility index (Phi) is 6.20. The third-order valence-corrected chi connectivity index (χ3v) is 4.66. The predicted molar refractivity (Wildman–Crippen MR) is 113 cm³/mol. The number of fused-ring (bicyclic) bond motifs is 1. The molecule has 0 aliphatic carbocycles. The van der Waals surface area contributed by atoms with E-state index in [1.165, 1.54) is 20.3 Å². The van der Waals surface area contributed by atoms with E-state index in [1.807, 2.05) is 0 Å². The molecule has 1 aromatic heterocycles. The van der Waals surface area contributed by atoms with Crippen molar-refractivity contribution in [3.63, 3.8) is 0 Å². The number of benzene rings is 2. The molecule has 2 aromatic carbocycles. The largest absolute Gasteiger partial charge is 0.503 e. The van der Waals surface area contributed by atoms with Crippen molar-refractivity contribution in [2.45, 2.75) is 6.92 Å². The highest BCUT2D eigenvalue weighted by molar-refractivity contribution is 6.50. The summed E-state index contributed by atoms with van der Waals surface area (Å²) in [6.07, 6.45) is 1.56. The maximum absolute atomic E-state index is 12.5. The standard InChI is InChI=1S/C20H18Cl2N2O5/c1-4-29-17-7-10(5-12(21)18(17)25)6-13(22)19-23-14-9-16(28-3)15(27-2)8-11(14)20(26)24-19/h5-9,25H,4H2,1-3H3,(H,23,24,26)/b13-6-. The minimum atomic E-state index is -0.378. The van der Waals surface area contributed by atoms with E-state index in [9.17, 15) is 9.90 Å². The molecule has 2 N–H and O–H groups in total. The summed E-state index contributed by atoms with van der Waals surface area (Å²) in [7, 11) is 2.98. The van der Waals surface area contributed by atoms with Crippen molar-refractivity contribution in [1.82, 2.24) is 9.97 Å². The summed E-state index contributed by atoms with van der Waals surface area (Å²) >= 11 is 12.4. The van der Waals surface area contributed by atoms with Crippen molar-refractivity contribution in [3.05, 3.63) is 51.0 Å². The molecule has 0 aliphatic heterocycles. The summed E-state index contributed by atoms with van der Waals surface area (Å²) in [6.45, 7) is 2.14. The Labute approximate surface area is 176 Å². The molecule has 0 unspecified atom stereocenters. The predicted octanol–water partition coefficient (Wildman–Crippen LogP) is 4.43. The van der Waals surface area contributed by atoms with Crippen LogP contribution in [0.4, 0.5) is 0 Å². The third kappa shape index (κ3) is 4.26. The minimum Gasteiger partial charge on any atom is -0.503 e. The SMILES string of the molecule is CCOc1cc(/C=C(\Cl)c2nc3cc(OC)c(OC)cc3c(=O)[nH]2)cc(Cl)c1O. The molecule has 0 spiro atoms. The van der Waals surface area contributed by atoms with Gasteiger partial charge in [-0.1, -0.05) is 23.2 Å². The van der Waals surface area contributed by atoms with E-state index in [-0.39, 0.29) is 32.9 Å². The number of nitrogens with one attached hydrogen (secondary N) is 1. The first-order chi connectivity index (χ1) is 13.9. The molecule has 0 radical (unpaired) electrons. The van der Waals surface area contributed by atoms with E-state index in [2.05, 4.69) is 9.97 Å². The molecule has 29 heavy (non-hydrogen) atoms. The summed E-state index contributed by atoms with van der Waals surface area (Å²) in [5, 5.41) is 10.6. The van der Waals surface area contributed by atoms with Crippen molar-refractivity contribution in [2.24, 2.45) is 0 Å². The summed E-state index contributed by atoms with van der Waals surface area (Å²) < 4.78 is 15.8. The van der Waals surface area contributed by atoms with Crippen LogP contribution in [0.5, 0.6) is 23.0 Å². The number of H-pyrrole nitrogens is 1. The number of aromatic amines is 1. The Hall–Kier alpha value is -2.90. The van der Waals surface area contributed by atoms with Gasteiger partial charge in [0.15, 0.2) is 28.8 Å². The van der Waals surface area contributed by atoms with Gasteiger partial charge in [0.2, 0.25) is 0 Å². The molecule has 0 saturated carbocycles. The molecule has 0 saturated heterocycles. The normalized spacial score (nSPS) is 11.6. The lowest BCUT2D eigenvalue weighted by atomic mass is 10.1. The molecule has 3 rings (SSSR count). The van der Waals surface area contributed by atoms with Crippen molar-refractivity contribution in [3.8, 4) is 23.0 Å². The zero-order valence-corrected chi connectivity index (χ0v) is 17.4. The van der Waals surface area contributed by atoms with Gasteiger partial charge >= 0.3 is 0 Å². The van der Waals surface area contributed by atoms with E-state index in [4.69, 9.17) is 37.4 Å². The molecule has 0 fully saturated rings. The van der Waals surface area contributed by atoms with E-state index in [0.29, 0.717) is 34.6 Å². The van der Waals surface area contributed by atoms with Gasteiger partial charge in [-0.05, 0) is 36.8 Å². The van der Waals surface area contributed by atoms with E-state index < -0.39 is 0 Å². The van der Waals surface area contributed by atoms with E-state index >= 15 is 0 Å². The van der Waals surface area contributed by atoms with E-state index in [1.54, 1.807) is 31.2 Å². The molecule has 0 atom stereocenters. The highest BCUT2D eigenvalue weighted by Gasteiger charge is 2.13. The van der Waals surface area contributed by atoms with Crippen molar-refractivity contribution < 1.29 is 19.3 Å². The van der Waals surface area contributed by atoms with Gasteiger partial charge in [0, 0.05) is 6.07 Å². The lowest BCUT2D eigenvalue weighted by Crippen LogP contribution is -2.11. The first-order valence-corrected chi connectivity index (χ1v) is 9.32. The van der Waals surface area contributed by atoms with Crippen molar-refractivity contribution >= 4 is 45.2 Å². The highest BCUT2D eigenvalue weighted by atomic mass is 35.5. The molecule has 3 aromatic rings.